The van der Waals surface area contributed by atoms with Crippen LogP contribution < -0.4 is 0 Å². The van der Waals surface area contributed by atoms with E-state index in [1.807, 2.05) is 0 Å². The maximum atomic E-state index is 12.5. The molecule has 21 heavy (non-hydrogen) atoms. The summed E-state index contributed by atoms with van der Waals surface area (Å²) in [6.07, 6.45) is 2.41. The van der Waals surface area contributed by atoms with Gasteiger partial charge in [-0.25, -0.2) is 4.79 Å². The lowest BCUT2D eigenvalue weighted by atomic mass is 10.1. The molecule has 2 fully saturated rings. The molecule has 0 aromatic carbocycles. The molecule has 0 radical (unpaired) electrons. The van der Waals surface area contributed by atoms with Gasteiger partial charge in [0.2, 0.25) is 0 Å². The fourth-order valence-electron chi connectivity index (χ4n) is 2.89. The van der Waals surface area contributed by atoms with E-state index < -0.39 is 5.97 Å². The van der Waals surface area contributed by atoms with Crippen molar-refractivity contribution in [3.63, 3.8) is 0 Å². The fraction of sp³-hybridized carbons (Fsp3) is 0.857. The zero-order valence-corrected chi connectivity index (χ0v) is 12.7. The highest BCUT2D eigenvalue weighted by Gasteiger charge is 2.31. The molecule has 2 aliphatic heterocycles. The maximum absolute atomic E-state index is 12.5. The van der Waals surface area contributed by atoms with E-state index >= 15 is 0 Å². The number of ether oxygens (including phenoxy) is 1. The van der Waals surface area contributed by atoms with Gasteiger partial charge in [0, 0.05) is 26.7 Å². The molecule has 1 atom stereocenters. The molecule has 0 spiro atoms. The summed E-state index contributed by atoms with van der Waals surface area (Å²) >= 11 is 0. The van der Waals surface area contributed by atoms with E-state index in [9.17, 15) is 9.59 Å². The molecule has 2 amide bonds. The van der Waals surface area contributed by atoms with Crippen molar-refractivity contribution in [3.8, 4) is 0 Å². The Labute approximate surface area is 125 Å². The summed E-state index contributed by atoms with van der Waals surface area (Å²) in [5, 5.41) is 8.94. The minimum atomic E-state index is -0.900. The molecule has 2 heterocycles. The van der Waals surface area contributed by atoms with E-state index in [-0.39, 0.29) is 18.5 Å². The molecule has 7 heteroatoms. The van der Waals surface area contributed by atoms with Gasteiger partial charge in [0.05, 0.1) is 25.7 Å². The average molecular weight is 299 g/mol. The standard InChI is InChI=1S/C14H25N3O4/c1-15(6-7-16-4-2-3-5-16)14(20)17-8-9-21-11-12(17)10-13(18)19/h12H,2-11H2,1H3,(H,18,19). The first-order valence-corrected chi connectivity index (χ1v) is 7.61. The summed E-state index contributed by atoms with van der Waals surface area (Å²) in [7, 11) is 1.78. The molecule has 2 rings (SSSR count). The molecule has 1 N–H and O–H groups in total. The second kappa shape index (κ2) is 7.61. The van der Waals surface area contributed by atoms with Crippen molar-refractivity contribution in [1.29, 1.82) is 0 Å². The number of morpholine rings is 1. The van der Waals surface area contributed by atoms with Crippen molar-refractivity contribution in [2.75, 3.05) is 53.0 Å². The molecule has 2 saturated heterocycles. The monoisotopic (exact) mass is 299 g/mol. The van der Waals surface area contributed by atoms with Crippen LogP contribution in [0.2, 0.25) is 0 Å². The summed E-state index contributed by atoms with van der Waals surface area (Å²) in [6.45, 7) is 5.03. The highest BCUT2D eigenvalue weighted by molar-refractivity contribution is 5.76. The Balaban J connectivity index is 1.84. The second-order valence-corrected chi connectivity index (χ2v) is 5.77. The molecule has 0 aliphatic carbocycles. The van der Waals surface area contributed by atoms with Gasteiger partial charge < -0.3 is 24.5 Å². The Morgan fingerprint density at radius 3 is 2.67 bits per heavy atom. The number of rotatable bonds is 5. The van der Waals surface area contributed by atoms with Crippen LogP contribution >= 0.6 is 0 Å². The molecule has 0 bridgehead atoms. The molecule has 0 aromatic heterocycles. The number of likely N-dealkylation sites (N-methyl/N-ethyl adjacent to an activating group) is 1. The summed E-state index contributed by atoms with van der Waals surface area (Å²) in [4.78, 5) is 29.1. The Kier molecular flexibility index (Phi) is 5.81. The molecular formula is C14H25N3O4. The van der Waals surface area contributed by atoms with E-state index in [0.717, 1.165) is 19.6 Å². The second-order valence-electron chi connectivity index (χ2n) is 5.77. The van der Waals surface area contributed by atoms with Crippen LogP contribution in [-0.2, 0) is 9.53 Å². The lowest BCUT2D eigenvalue weighted by Crippen LogP contribution is -2.54. The van der Waals surface area contributed by atoms with Gasteiger partial charge in [-0.15, -0.1) is 0 Å². The minimum Gasteiger partial charge on any atom is -0.481 e. The van der Waals surface area contributed by atoms with E-state index in [0.29, 0.717) is 26.3 Å². The number of urea groups is 1. The first-order chi connectivity index (χ1) is 10.1. The van der Waals surface area contributed by atoms with Gasteiger partial charge in [-0.1, -0.05) is 0 Å². The van der Waals surface area contributed by atoms with Crippen molar-refractivity contribution in [3.05, 3.63) is 0 Å². The normalized spacial score (nSPS) is 23.3. The van der Waals surface area contributed by atoms with Gasteiger partial charge in [0.1, 0.15) is 0 Å². The first kappa shape index (κ1) is 16.0. The topological polar surface area (TPSA) is 73.3 Å². The zero-order chi connectivity index (χ0) is 15.2. The molecule has 120 valence electrons. The number of hydrogen-bond acceptors (Lipinski definition) is 4. The fourth-order valence-corrected chi connectivity index (χ4v) is 2.89. The van der Waals surface area contributed by atoms with Crippen LogP contribution in [0.3, 0.4) is 0 Å². The largest absolute Gasteiger partial charge is 0.481 e. The van der Waals surface area contributed by atoms with Crippen molar-refractivity contribution in [2.45, 2.75) is 25.3 Å². The minimum absolute atomic E-state index is 0.0638. The predicted molar refractivity (Wildman–Crippen MR) is 77.3 cm³/mol. The molecule has 1 unspecified atom stereocenters. The highest BCUT2D eigenvalue weighted by atomic mass is 16.5. The van der Waals surface area contributed by atoms with Gasteiger partial charge in [-0.2, -0.15) is 0 Å². The van der Waals surface area contributed by atoms with Gasteiger partial charge in [0.15, 0.2) is 0 Å². The molecule has 7 nitrogen and oxygen atoms in total. The Morgan fingerprint density at radius 1 is 1.29 bits per heavy atom. The highest BCUT2D eigenvalue weighted by Crippen LogP contribution is 2.13. The van der Waals surface area contributed by atoms with E-state index in [1.165, 1.54) is 12.8 Å². The molecule has 0 aromatic rings. The molecule has 2 aliphatic rings. The lowest BCUT2D eigenvalue weighted by Gasteiger charge is -2.37. The van der Waals surface area contributed by atoms with Crippen LogP contribution in [0.5, 0.6) is 0 Å². The summed E-state index contributed by atoms with van der Waals surface area (Å²) in [5.41, 5.74) is 0. The van der Waals surface area contributed by atoms with Crippen LogP contribution in [0.25, 0.3) is 0 Å². The Morgan fingerprint density at radius 2 is 2.00 bits per heavy atom. The smallest absolute Gasteiger partial charge is 0.320 e. The van der Waals surface area contributed by atoms with Gasteiger partial charge in [0.25, 0.3) is 0 Å². The van der Waals surface area contributed by atoms with Gasteiger partial charge >= 0.3 is 12.0 Å². The number of hydrogen-bond donors (Lipinski definition) is 1. The maximum Gasteiger partial charge on any atom is 0.320 e. The number of carboxylic acids is 1. The zero-order valence-electron chi connectivity index (χ0n) is 12.7. The number of carbonyl (C=O) groups is 2. The average Bonchev–Trinajstić information content (AvgIpc) is 2.97. The molecule has 0 saturated carbocycles. The number of aliphatic carboxylic acids is 1. The Bertz CT molecular complexity index is 371. The van der Waals surface area contributed by atoms with Crippen LogP contribution in [-0.4, -0.2) is 90.8 Å². The van der Waals surface area contributed by atoms with E-state index in [2.05, 4.69) is 4.90 Å². The van der Waals surface area contributed by atoms with Crippen molar-refractivity contribution >= 4 is 12.0 Å². The predicted octanol–water partition coefficient (Wildman–Crippen LogP) is 0.310. The third kappa shape index (κ3) is 4.57. The van der Waals surface area contributed by atoms with E-state index in [4.69, 9.17) is 9.84 Å². The van der Waals surface area contributed by atoms with Gasteiger partial charge in [-0.05, 0) is 25.9 Å². The summed E-state index contributed by atoms with van der Waals surface area (Å²) < 4.78 is 5.30. The van der Waals surface area contributed by atoms with Crippen LogP contribution in [0.15, 0.2) is 0 Å². The lowest BCUT2D eigenvalue weighted by molar-refractivity contribution is -0.139. The van der Waals surface area contributed by atoms with Crippen molar-refractivity contribution in [2.24, 2.45) is 0 Å². The Hall–Kier alpha value is -1.34. The first-order valence-electron chi connectivity index (χ1n) is 7.61. The number of carbonyl (C=O) groups excluding carboxylic acids is 1. The number of likely N-dealkylation sites (tertiary alicyclic amines) is 1. The quantitative estimate of drug-likeness (QED) is 0.791. The third-order valence-electron chi connectivity index (χ3n) is 4.16. The summed E-state index contributed by atoms with van der Waals surface area (Å²) in [6, 6.07) is -0.457. The van der Waals surface area contributed by atoms with E-state index in [1.54, 1.807) is 16.8 Å². The number of carboxylic acid groups (broad SMARTS) is 1. The van der Waals surface area contributed by atoms with Gasteiger partial charge in [-0.3, -0.25) is 4.79 Å². The summed E-state index contributed by atoms with van der Waals surface area (Å²) in [5.74, 6) is -0.900. The van der Waals surface area contributed by atoms with Crippen molar-refractivity contribution in [1.82, 2.24) is 14.7 Å². The van der Waals surface area contributed by atoms with Crippen LogP contribution in [0.1, 0.15) is 19.3 Å². The third-order valence-corrected chi connectivity index (χ3v) is 4.16. The molecular weight excluding hydrogens is 274 g/mol. The number of amides is 2. The van der Waals surface area contributed by atoms with Crippen molar-refractivity contribution < 1.29 is 19.4 Å². The number of nitrogens with zero attached hydrogens (tertiary/aromatic N) is 3. The van der Waals surface area contributed by atoms with Crippen LogP contribution in [0, 0.1) is 0 Å². The SMILES string of the molecule is CN(CCN1CCCC1)C(=O)N1CCOCC1CC(=O)O. The van der Waals surface area contributed by atoms with Crippen LogP contribution in [0.4, 0.5) is 4.79 Å².